The van der Waals surface area contributed by atoms with Crippen molar-refractivity contribution in [2.24, 2.45) is 4.99 Å². The third-order valence-electron chi connectivity index (χ3n) is 3.68. The lowest BCUT2D eigenvalue weighted by Crippen LogP contribution is -2.35. The molecule has 1 aromatic carbocycles. The van der Waals surface area contributed by atoms with Gasteiger partial charge < -0.3 is 15.2 Å². The lowest BCUT2D eigenvalue weighted by Gasteiger charge is -2.23. The summed E-state index contributed by atoms with van der Waals surface area (Å²) < 4.78 is 5.23. The highest BCUT2D eigenvalue weighted by atomic mass is 32.2. The standard InChI is InChI=1S/C18H24N2O4S/c1-11-16(25-10-19-11)13-7-5-12(6-8-13)14(9-15(21)22)20-17(23)24-18(2,3)4/h5-8,10-11,14,16H,9H2,1-4H3,(H,20,23)(H,21,22). The Morgan fingerprint density at radius 3 is 2.44 bits per heavy atom. The molecule has 0 radical (unpaired) electrons. The van der Waals surface area contributed by atoms with E-state index in [2.05, 4.69) is 17.2 Å². The molecule has 25 heavy (non-hydrogen) atoms. The van der Waals surface area contributed by atoms with Gasteiger partial charge in [0.25, 0.3) is 0 Å². The number of hydrogen-bond donors (Lipinski definition) is 2. The second-order valence-corrected chi connectivity index (χ2v) is 8.01. The molecule has 0 saturated heterocycles. The van der Waals surface area contributed by atoms with Crippen LogP contribution < -0.4 is 5.32 Å². The van der Waals surface area contributed by atoms with Gasteiger partial charge in [0.05, 0.1) is 29.3 Å². The van der Waals surface area contributed by atoms with Crippen molar-refractivity contribution in [2.75, 3.05) is 0 Å². The Hall–Kier alpha value is -2.02. The lowest BCUT2D eigenvalue weighted by atomic mass is 9.99. The number of carboxylic acids is 1. The van der Waals surface area contributed by atoms with Crippen LogP contribution in [0.15, 0.2) is 29.3 Å². The molecule has 1 amide bonds. The number of alkyl carbamates (subject to hydrolysis) is 1. The number of benzene rings is 1. The minimum atomic E-state index is -0.987. The Bertz CT molecular complexity index is 652. The average Bonchev–Trinajstić information content (AvgIpc) is 2.90. The van der Waals surface area contributed by atoms with Gasteiger partial charge in [0, 0.05) is 0 Å². The third kappa shape index (κ3) is 5.77. The summed E-state index contributed by atoms with van der Waals surface area (Å²) in [5.74, 6) is -0.987. The molecule has 0 spiro atoms. The maximum atomic E-state index is 12.0. The fourth-order valence-electron chi connectivity index (χ4n) is 2.54. The number of nitrogens with one attached hydrogen (secondary N) is 1. The van der Waals surface area contributed by atoms with Crippen LogP contribution in [-0.2, 0) is 9.53 Å². The molecule has 1 aromatic rings. The van der Waals surface area contributed by atoms with Crippen LogP contribution in [-0.4, -0.2) is 34.4 Å². The summed E-state index contributed by atoms with van der Waals surface area (Å²) in [5, 5.41) is 12.1. The summed E-state index contributed by atoms with van der Waals surface area (Å²) in [6.45, 7) is 7.34. The zero-order valence-electron chi connectivity index (χ0n) is 14.9. The largest absolute Gasteiger partial charge is 0.481 e. The molecule has 3 atom stereocenters. The number of amides is 1. The van der Waals surface area contributed by atoms with Crippen LogP contribution in [0.25, 0.3) is 0 Å². The van der Waals surface area contributed by atoms with Crippen LogP contribution in [0.4, 0.5) is 4.79 Å². The number of aliphatic imine (C=N–C) groups is 1. The van der Waals surface area contributed by atoms with Gasteiger partial charge in [-0.2, -0.15) is 0 Å². The molecule has 1 heterocycles. The van der Waals surface area contributed by atoms with Gasteiger partial charge in [-0.05, 0) is 38.8 Å². The maximum Gasteiger partial charge on any atom is 0.408 e. The Balaban J connectivity index is 2.11. The predicted molar refractivity (Wildman–Crippen MR) is 99.1 cm³/mol. The maximum absolute atomic E-state index is 12.0. The highest BCUT2D eigenvalue weighted by Gasteiger charge is 2.25. The molecule has 1 aliphatic heterocycles. The number of hydrogen-bond acceptors (Lipinski definition) is 5. The first kappa shape index (κ1) is 19.3. The van der Waals surface area contributed by atoms with E-state index in [1.54, 1.807) is 32.5 Å². The van der Waals surface area contributed by atoms with E-state index in [1.807, 2.05) is 29.8 Å². The van der Waals surface area contributed by atoms with Gasteiger partial charge in [0.2, 0.25) is 0 Å². The van der Waals surface area contributed by atoms with Crippen molar-refractivity contribution < 1.29 is 19.4 Å². The summed E-state index contributed by atoms with van der Waals surface area (Å²) >= 11 is 1.67. The van der Waals surface area contributed by atoms with Gasteiger partial charge in [-0.1, -0.05) is 24.3 Å². The van der Waals surface area contributed by atoms with Gasteiger partial charge in [0.15, 0.2) is 0 Å². The lowest BCUT2D eigenvalue weighted by molar-refractivity contribution is -0.137. The number of aliphatic carboxylic acids is 1. The second-order valence-electron chi connectivity index (χ2n) is 7.02. The van der Waals surface area contributed by atoms with Crippen molar-refractivity contribution in [3.63, 3.8) is 0 Å². The molecule has 6 nitrogen and oxygen atoms in total. The van der Waals surface area contributed by atoms with E-state index >= 15 is 0 Å². The first-order chi connectivity index (χ1) is 11.7. The summed E-state index contributed by atoms with van der Waals surface area (Å²) in [7, 11) is 0. The Morgan fingerprint density at radius 1 is 1.32 bits per heavy atom. The molecule has 1 aliphatic rings. The first-order valence-electron chi connectivity index (χ1n) is 8.14. The second kappa shape index (κ2) is 7.91. The van der Waals surface area contributed by atoms with Crippen molar-refractivity contribution in [1.82, 2.24) is 5.32 Å². The molecule has 2 rings (SSSR count). The van der Waals surface area contributed by atoms with Crippen LogP contribution in [0.1, 0.15) is 56.5 Å². The molecule has 3 unspecified atom stereocenters. The minimum Gasteiger partial charge on any atom is -0.481 e. The number of nitrogens with zero attached hydrogens (tertiary/aromatic N) is 1. The smallest absolute Gasteiger partial charge is 0.408 e. The minimum absolute atomic E-state index is 0.212. The van der Waals surface area contributed by atoms with E-state index in [9.17, 15) is 9.59 Å². The van der Waals surface area contributed by atoms with Gasteiger partial charge >= 0.3 is 12.1 Å². The number of carbonyl (C=O) groups is 2. The van der Waals surface area contributed by atoms with E-state index in [0.29, 0.717) is 0 Å². The van der Waals surface area contributed by atoms with E-state index in [-0.39, 0.29) is 17.7 Å². The van der Waals surface area contributed by atoms with E-state index in [4.69, 9.17) is 9.84 Å². The van der Waals surface area contributed by atoms with Gasteiger partial charge in [-0.25, -0.2) is 4.79 Å². The van der Waals surface area contributed by atoms with Gasteiger partial charge in [0.1, 0.15) is 5.60 Å². The zero-order valence-corrected chi connectivity index (χ0v) is 15.7. The van der Waals surface area contributed by atoms with Crippen molar-refractivity contribution in [3.05, 3.63) is 35.4 Å². The monoisotopic (exact) mass is 364 g/mol. The summed E-state index contributed by atoms with van der Waals surface area (Å²) in [5.41, 5.74) is 3.08. The first-order valence-corrected chi connectivity index (χ1v) is 9.08. The Kier molecular flexibility index (Phi) is 6.11. The van der Waals surface area contributed by atoms with Crippen molar-refractivity contribution in [1.29, 1.82) is 0 Å². The van der Waals surface area contributed by atoms with Gasteiger partial charge in [-0.3, -0.25) is 9.79 Å². The normalized spacial score (nSPS) is 21.0. The molecule has 0 saturated carbocycles. The van der Waals surface area contributed by atoms with E-state index in [0.717, 1.165) is 11.1 Å². The number of ether oxygens (including phenoxy) is 1. The number of rotatable bonds is 5. The number of thioether (sulfide) groups is 1. The molecular formula is C18H24N2O4S. The topological polar surface area (TPSA) is 88.0 Å². The highest BCUT2D eigenvalue weighted by Crippen LogP contribution is 2.37. The third-order valence-corrected chi connectivity index (χ3v) is 4.88. The molecule has 7 heteroatoms. The highest BCUT2D eigenvalue weighted by molar-refractivity contribution is 8.12. The van der Waals surface area contributed by atoms with Crippen LogP contribution in [0, 0.1) is 0 Å². The molecule has 0 fully saturated rings. The fourth-order valence-corrected chi connectivity index (χ4v) is 3.55. The van der Waals surface area contributed by atoms with Crippen LogP contribution >= 0.6 is 11.8 Å². The molecule has 136 valence electrons. The van der Waals surface area contributed by atoms with Crippen LogP contribution in [0.3, 0.4) is 0 Å². The Morgan fingerprint density at radius 2 is 1.96 bits per heavy atom. The molecular weight excluding hydrogens is 340 g/mol. The van der Waals surface area contributed by atoms with Crippen LogP contribution in [0.2, 0.25) is 0 Å². The van der Waals surface area contributed by atoms with E-state index < -0.39 is 23.7 Å². The number of carboxylic acid groups (broad SMARTS) is 1. The Labute approximate surface area is 152 Å². The van der Waals surface area contributed by atoms with Crippen molar-refractivity contribution in [3.8, 4) is 0 Å². The summed E-state index contributed by atoms with van der Waals surface area (Å²) in [6.07, 6.45) is -0.841. The fraction of sp³-hybridized carbons (Fsp3) is 0.500. The average molecular weight is 364 g/mol. The number of carbonyl (C=O) groups excluding carboxylic acids is 1. The molecule has 2 N–H and O–H groups in total. The molecule has 0 aromatic heterocycles. The SMILES string of the molecule is CC1N=CSC1c1ccc(C(CC(=O)O)NC(=O)OC(C)(C)C)cc1. The zero-order chi connectivity index (χ0) is 18.6. The molecule has 0 bridgehead atoms. The van der Waals surface area contributed by atoms with Crippen molar-refractivity contribution >= 4 is 29.4 Å². The summed E-state index contributed by atoms with van der Waals surface area (Å²) in [6, 6.07) is 7.20. The predicted octanol–water partition coefficient (Wildman–Crippen LogP) is 3.93. The van der Waals surface area contributed by atoms with Crippen LogP contribution in [0.5, 0.6) is 0 Å². The molecule has 0 aliphatic carbocycles. The van der Waals surface area contributed by atoms with E-state index in [1.165, 1.54) is 0 Å². The van der Waals surface area contributed by atoms with Gasteiger partial charge in [-0.15, -0.1) is 11.8 Å². The quantitative estimate of drug-likeness (QED) is 0.826. The summed E-state index contributed by atoms with van der Waals surface area (Å²) in [4.78, 5) is 27.5. The van der Waals surface area contributed by atoms with Crippen molar-refractivity contribution in [2.45, 2.75) is 57.1 Å².